The number of carbonyl (C=O) groups is 2. The number of amides is 2. The second kappa shape index (κ2) is 9.36. The van der Waals surface area contributed by atoms with Gasteiger partial charge in [-0.1, -0.05) is 6.07 Å². The molecule has 2 heterocycles. The van der Waals surface area contributed by atoms with Crippen LogP contribution in [-0.4, -0.2) is 52.8 Å². The first kappa shape index (κ1) is 20.6. The first-order chi connectivity index (χ1) is 13.9. The molecule has 0 spiro atoms. The average molecular weight is 397 g/mol. The van der Waals surface area contributed by atoms with Crippen LogP contribution in [0, 0.1) is 13.8 Å². The zero-order chi connectivity index (χ0) is 20.8. The largest absolute Gasteiger partial charge is 0.450 e. The lowest BCUT2D eigenvalue weighted by atomic mass is 10.1. The fraction of sp³-hybridized carbons (Fsp3) is 0.429. The Balaban J connectivity index is 1.52. The number of benzene rings is 1. The summed E-state index contributed by atoms with van der Waals surface area (Å²) < 4.78 is 5.03. The molecule has 8 heteroatoms. The van der Waals surface area contributed by atoms with Crippen molar-refractivity contribution in [3.05, 3.63) is 47.2 Å². The van der Waals surface area contributed by atoms with Crippen molar-refractivity contribution in [2.24, 2.45) is 0 Å². The van der Waals surface area contributed by atoms with E-state index >= 15 is 0 Å². The highest BCUT2D eigenvalue weighted by atomic mass is 16.6. The van der Waals surface area contributed by atoms with Crippen molar-refractivity contribution >= 4 is 23.5 Å². The van der Waals surface area contributed by atoms with Crippen LogP contribution in [0.5, 0.6) is 0 Å². The van der Waals surface area contributed by atoms with Gasteiger partial charge in [-0.3, -0.25) is 4.79 Å². The molecule has 3 rings (SSSR count). The second-order valence-electron chi connectivity index (χ2n) is 7.24. The Morgan fingerprint density at radius 3 is 2.38 bits per heavy atom. The Hall–Kier alpha value is -3.16. The minimum Gasteiger partial charge on any atom is -0.450 e. The van der Waals surface area contributed by atoms with Gasteiger partial charge in [0, 0.05) is 24.8 Å². The Labute approximate surface area is 170 Å². The maximum Gasteiger partial charge on any atom is 0.409 e. The van der Waals surface area contributed by atoms with Crippen molar-refractivity contribution in [2.75, 3.05) is 30.3 Å². The minimum atomic E-state index is -0.295. The highest BCUT2D eigenvalue weighted by Crippen LogP contribution is 2.17. The fourth-order valence-electron chi connectivity index (χ4n) is 3.40. The van der Waals surface area contributed by atoms with Crippen molar-refractivity contribution in [1.29, 1.82) is 0 Å². The van der Waals surface area contributed by atoms with Gasteiger partial charge >= 0.3 is 6.09 Å². The number of ether oxygens (including phenoxy) is 1. The lowest BCUT2D eigenvalue weighted by Crippen LogP contribution is -2.42. The molecule has 0 atom stereocenters. The summed E-state index contributed by atoms with van der Waals surface area (Å²) in [7, 11) is 0. The molecule has 0 radical (unpaired) electrons. The summed E-state index contributed by atoms with van der Waals surface area (Å²) >= 11 is 0. The van der Waals surface area contributed by atoms with E-state index < -0.39 is 0 Å². The van der Waals surface area contributed by atoms with Gasteiger partial charge in [-0.05, 0) is 69.0 Å². The molecule has 2 amide bonds. The number of piperidine rings is 1. The molecule has 0 bridgehead atoms. The van der Waals surface area contributed by atoms with E-state index in [1.807, 2.05) is 32.0 Å². The number of likely N-dealkylation sites (tertiary alicyclic amines) is 1. The van der Waals surface area contributed by atoms with Crippen LogP contribution >= 0.6 is 0 Å². The Bertz CT molecular complexity index is 841. The normalized spacial score (nSPS) is 14.4. The van der Waals surface area contributed by atoms with E-state index in [4.69, 9.17) is 4.74 Å². The van der Waals surface area contributed by atoms with Gasteiger partial charge in [-0.15, -0.1) is 10.2 Å². The summed E-state index contributed by atoms with van der Waals surface area (Å²) in [5.74, 6) is 0.319. The summed E-state index contributed by atoms with van der Waals surface area (Å²) in [6.07, 6.45) is 1.34. The third kappa shape index (κ3) is 5.66. The number of carbonyl (C=O) groups excluding carboxylic acids is 2. The van der Waals surface area contributed by atoms with E-state index in [0.717, 1.165) is 29.7 Å². The molecule has 1 fully saturated rings. The number of nitrogens with one attached hydrogen (secondary N) is 2. The molecule has 2 N–H and O–H groups in total. The molecule has 1 saturated heterocycles. The molecular formula is C21H27N5O3. The number of hydrogen-bond acceptors (Lipinski definition) is 6. The van der Waals surface area contributed by atoms with Crippen LogP contribution in [0.15, 0.2) is 30.3 Å². The van der Waals surface area contributed by atoms with E-state index in [1.54, 1.807) is 24.0 Å². The SMILES string of the molecule is CCOC(=O)N1CCC(Nc2ccc(C(=O)Nc3cc(C)cc(C)c3)nn2)CC1. The van der Waals surface area contributed by atoms with Gasteiger partial charge in [-0.2, -0.15) is 0 Å². The molecule has 2 aromatic rings. The molecule has 8 nitrogen and oxygen atoms in total. The number of rotatable bonds is 5. The van der Waals surface area contributed by atoms with Crippen molar-refractivity contribution in [3.8, 4) is 0 Å². The number of anilines is 2. The molecule has 1 aliphatic heterocycles. The Kier molecular flexibility index (Phi) is 6.64. The van der Waals surface area contributed by atoms with E-state index in [9.17, 15) is 9.59 Å². The summed E-state index contributed by atoms with van der Waals surface area (Å²) in [6.45, 7) is 7.44. The van der Waals surface area contributed by atoms with Gasteiger partial charge in [0.25, 0.3) is 5.91 Å². The summed E-state index contributed by atoms with van der Waals surface area (Å²) in [5, 5.41) is 14.3. The first-order valence-electron chi connectivity index (χ1n) is 9.86. The summed E-state index contributed by atoms with van der Waals surface area (Å²) in [6, 6.07) is 9.48. The van der Waals surface area contributed by atoms with Gasteiger partial charge < -0.3 is 20.3 Å². The van der Waals surface area contributed by atoms with Crippen molar-refractivity contribution in [1.82, 2.24) is 15.1 Å². The summed E-state index contributed by atoms with van der Waals surface area (Å²) in [5.41, 5.74) is 3.16. The van der Waals surface area contributed by atoms with Crippen molar-refractivity contribution in [3.63, 3.8) is 0 Å². The molecule has 0 unspecified atom stereocenters. The van der Waals surface area contributed by atoms with Crippen LogP contribution in [0.1, 0.15) is 41.4 Å². The van der Waals surface area contributed by atoms with E-state index in [0.29, 0.717) is 25.5 Å². The number of nitrogens with zero attached hydrogens (tertiary/aromatic N) is 3. The first-order valence-corrected chi connectivity index (χ1v) is 9.86. The molecule has 1 aromatic heterocycles. The topological polar surface area (TPSA) is 96.5 Å². The van der Waals surface area contributed by atoms with Crippen LogP contribution in [0.3, 0.4) is 0 Å². The molecule has 0 saturated carbocycles. The maximum absolute atomic E-state index is 12.4. The van der Waals surface area contributed by atoms with E-state index in [-0.39, 0.29) is 23.7 Å². The smallest absolute Gasteiger partial charge is 0.409 e. The average Bonchev–Trinajstić information content (AvgIpc) is 2.68. The lowest BCUT2D eigenvalue weighted by molar-refractivity contribution is 0.0982. The number of aryl methyl sites for hydroxylation is 2. The summed E-state index contributed by atoms with van der Waals surface area (Å²) in [4.78, 5) is 25.9. The zero-order valence-corrected chi connectivity index (χ0v) is 17.1. The predicted octanol–water partition coefficient (Wildman–Crippen LogP) is 3.38. The van der Waals surface area contributed by atoms with Crippen molar-refractivity contribution in [2.45, 2.75) is 39.7 Å². The van der Waals surface area contributed by atoms with E-state index in [2.05, 4.69) is 20.8 Å². The highest BCUT2D eigenvalue weighted by molar-refractivity contribution is 6.02. The Morgan fingerprint density at radius 1 is 1.10 bits per heavy atom. The monoisotopic (exact) mass is 397 g/mol. The quantitative estimate of drug-likeness (QED) is 0.803. The molecule has 154 valence electrons. The van der Waals surface area contributed by atoms with Crippen LogP contribution in [-0.2, 0) is 4.74 Å². The second-order valence-corrected chi connectivity index (χ2v) is 7.24. The maximum atomic E-state index is 12.4. The molecule has 1 aliphatic rings. The lowest BCUT2D eigenvalue weighted by Gasteiger charge is -2.31. The molecule has 1 aromatic carbocycles. The molecule has 29 heavy (non-hydrogen) atoms. The van der Waals surface area contributed by atoms with Crippen LogP contribution < -0.4 is 10.6 Å². The van der Waals surface area contributed by atoms with Gasteiger partial charge in [-0.25, -0.2) is 4.79 Å². The van der Waals surface area contributed by atoms with Crippen molar-refractivity contribution < 1.29 is 14.3 Å². The zero-order valence-electron chi connectivity index (χ0n) is 17.1. The highest BCUT2D eigenvalue weighted by Gasteiger charge is 2.23. The van der Waals surface area contributed by atoms with Gasteiger partial charge in [0.15, 0.2) is 5.69 Å². The minimum absolute atomic E-state index is 0.199. The van der Waals surface area contributed by atoms with Crippen LogP contribution in [0.25, 0.3) is 0 Å². The van der Waals surface area contributed by atoms with Gasteiger partial charge in [0.05, 0.1) is 6.61 Å². The predicted molar refractivity (Wildman–Crippen MR) is 111 cm³/mol. The number of aromatic nitrogens is 2. The Morgan fingerprint density at radius 2 is 1.79 bits per heavy atom. The van der Waals surface area contributed by atoms with Crippen LogP contribution in [0.4, 0.5) is 16.3 Å². The molecule has 0 aliphatic carbocycles. The van der Waals surface area contributed by atoms with Crippen LogP contribution in [0.2, 0.25) is 0 Å². The van der Waals surface area contributed by atoms with E-state index in [1.165, 1.54) is 0 Å². The van der Waals surface area contributed by atoms with Gasteiger partial charge in [0.2, 0.25) is 0 Å². The third-order valence-electron chi connectivity index (χ3n) is 4.75. The van der Waals surface area contributed by atoms with Gasteiger partial charge in [0.1, 0.15) is 5.82 Å². The molecular weight excluding hydrogens is 370 g/mol. The number of hydrogen-bond donors (Lipinski definition) is 2. The third-order valence-corrected chi connectivity index (χ3v) is 4.75. The standard InChI is InChI=1S/C21H27N5O3/c1-4-29-21(28)26-9-7-16(8-10-26)22-19-6-5-18(24-25-19)20(27)23-17-12-14(2)11-15(3)13-17/h5-6,11-13,16H,4,7-10H2,1-3H3,(H,22,25)(H,23,27). The fourth-order valence-corrected chi connectivity index (χ4v) is 3.40.